The SMILES string of the molecule is CCCCCCNNN1CCOC1=O. The molecule has 0 aromatic rings. The Kier molecular flexibility index (Phi) is 5.32. The third kappa shape index (κ3) is 3.93. The highest BCUT2D eigenvalue weighted by atomic mass is 16.6. The summed E-state index contributed by atoms with van der Waals surface area (Å²) in [4.78, 5) is 10.9. The standard InChI is InChI=1S/C9H19N3O2/c1-2-3-4-5-6-10-11-12-7-8-14-9(12)13/h10-11H,2-8H2,1H3. The number of carbonyl (C=O) groups excluding carboxylic acids is 1. The molecule has 1 rings (SSSR count). The maximum absolute atomic E-state index is 10.9. The monoisotopic (exact) mass is 201 g/mol. The van der Waals surface area contributed by atoms with E-state index in [-0.39, 0.29) is 6.09 Å². The van der Waals surface area contributed by atoms with Crippen LogP contribution in [0.4, 0.5) is 4.79 Å². The van der Waals surface area contributed by atoms with Crippen molar-refractivity contribution in [3.8, 4) is 0 Å². The molecule has 1 aliphatic rings. The van der Waals surface area contributed by atoms with E-state index in [1.807, 2.05) is 0 Å². The maximum Gasteiger partial charge on any atom is 0.425 e. The molecule has 0 aromatic heterocycles. The fourth-order valence-electron chi connectivity index (χ4n) is 1.29. The van der Waals surface area contributed by atoms with Gasteiger partial charge in [0.1, 0.15) is 6.61 Å². The van der Waals surface area contributed by atoms with Gasteiger partial charge in [0, 0.05) is 6.54 Å². The van der Waals surface area contributed by atoms with Gasteiger partial charge in [-0.3, -0.25) is 0 Å². The largest absolute Gasteiger partial charge is 0.446 e. The molecule has 0 bridgehead atoms. The van der Waals surface area contributed by atoms with E-state index in [0.717, 1.165) is 13.0 Å². The summed E-state index contributed by atoms with van der Waals surface area (Å²) in [6, 6.07) is 0. The minimum absolute atomic E-state index is 0.300. The molecule has 1 amide bonds. The first kappa shape index (κ1) is 11.3. The summed E-state index contributed by atoms with van der Waals surface area (Å²) in [5, 5.41) is 1.44. The number of hydrogen-bond acceptors (Lipinski definition) is 4. The lowest BCUT2D eigenvalue weighted by Gasteiger charge is -2.14. The normalized spacial score (nSPS) is 16.1. The first-order chi connectivity index (χ1) is 6.84. The van der Waals surface area contributed by atoms with Gasteiger partial charge in [0.15, 0.2) is 0 Å². The summed E-state index contributed by atoms with van der Waals surface area (Å²) in [5.41, 5.74) is 5.81. The number of cyclic esters (lactones) is 1. The lowest BCUT2D eigenvalue weighted by molar-refractivity contribution is 0.137. The number of nitrogens with one attached hydrogen (secondary N) is 2. The third-order valence-electron chi connectivity index (χ3n) is 2.13. The predicted molar refractivity (Wildman–Crippen MR) is 53.3 cm³/mol. The molecule has 2 N–H and O–H groups in total. The van der Waals surface area contributed by atoms with Gasteiger partial charge in [0.25, 0.3) is 0 Å². The lowest BCUT2D eigenvalue weighted by Crippen LogP contribution is -2.47. The Morgan fingerprint density at radius 2 is 2.29 bits per heavy atom. The fraction of sp³-hybridized carbons (Fsp3) is 0.889. The van der Waals surface area contributed by atoms with Crippen molar-refractivity contribution >= 4 is 6.09 Å². The number of carbonyl (C=O) groups is 1. The molecule has 0 atom stereocenters. The van der Waals surface area contributed by atoms with E-state index in [0.29, 0.717) is 13.2 Å². The molecular weight excluding hydrogens is 182 g/mol. The number of rotatable bonds is 7. The summed E-state index contributed by atoms with van der Waals surface area (Å²) in [6.07, 6.45) is 4.57. The van der Waals surface area contributed by atoms with Crippen molar-refractivity contribution in [2.45, 2.75) is 32.6 Å². The minimum atomic E-state index is -0.300. The second-order valence-corrected chi connectivity index (χ2v) is 3.37. The summed E-state index contributed by atoms with van der Waals surface area (Å²) < 4.78 is 4.75. The smallest absolute Gasteiger partial charge is 0.425 e. The van der Waals surface area contributed by atoms with Crippen LogP contribution in [0.3, 0.4) is 0 Å². The lowest BCUT2D eigenvalue weighted by atomic mass is 10.2. The minimum Gasteiger partial charge on any atom is -0.446 e. The van der Waals surface area contributed by atoms with E-state index >= 15 is 0 Å². The molecule has 1 aliphatic heterocycles. The van der Waals surface area contributed by atoms with E-state index in [1.54, 1.807) is 0 Å². The molecule has 5 heteroatoms. The van der Waals surface area contributed by atoms with Crippen molar-refractivity contribution in [2.75, 3.05) is 19.7 Å². The molecule has 0 spiro atoms. The van der Waals surface area contributed by atoms with Crippen molar-refractivity contribution in [2.24, 2.45) is 0 Å². The summed E-state index contributed by atoms with van der Waals surface area (Å²) in [7, 11) is 0. The van der Waals surface area contributed by atoms with Gasteiger partial charge in [0.05, 0.1) is 6.54 Å². The number of hydrazine groups is 2. The van der Waals surface area contributed by atoms with Crippen LogP contribution >= 0.6 is 0 Å². The van der Waals surface area contributed by atoms with Crippen LogP contribution < -0.4 is 11.0 Å². The highest BCUT2D eigenvalue weighted by molar-refractivity contribution is 5.68. The van der Waals surface area contributed by atoms with E-state index in [1.165, 1.54) is 24.3 Å². The average Bonchev–Trinajstić information content (AvgIpc) is 2.58. The van der Waals surface area contributed by atoms with E-state index < -0.39 is 0 Å². The molecule has 5 nitrogen and oxygen atoms in total. The van der Waals surface area contributed by atoms with Gasteiger partial charge in [0.2, 0.25) is 0 Å². The van der Waals surface area contributed by atoms with Gasteiger partial charge < -0.3 is 4.74 Å². The second kappa shape index (κ2) is 6.62. The Morgan fingerprint density at radius 3 is 2.93 bits per heavy atom. The molecule has 0 aliphatic carbocycles. The number of ether oxygens (including phenoxy) is 1. The van der Waals surface area contributed by atoms with Gasteiger partial charge in [-0.15, -0.1) is 0 Å². The van der Waals surface area contributed by atoms with Gasteiger partial charge >= 0.3 is 6.09 Å². The molecule has 14 heavy (non-hydrogen) atoms. The van der Waals surface area contributed by atoms with Crippen molar-refractivity contribution < 1.29 is 9.53 Å². The van der Waals surface area contributed by atoms with Crippen molar-refractivity contribution in [3.63, 3.8) is 0 Å². The van der Waals surface area contributed by atoms with Crippen LogP contribution in [0.1, 0.15) is 32.6 Å². The van der Waals surface area contributed by atoms with Crippen LogP contribution in [0, 0.1) is 0 Å². The molecule has 1 fully saturated rings. The van der Waals surface area contributed by atoms with Crippen LogP contribution in [-0.2, 0) is 4.74 Å². The number of hydrogen-bond donors (Lipinski definition) is 2. The second-order valence-electron chi connectivity index (χ2n) is 3.37. The quantitative estimate of drug-likeness (QED) is 0.477. The van der Waals surface area contributed by atoms with Crippen LogP contribution in [-0.4, -0.2) is 30.8 Å². The zero-order chi connectivity index (χ0) is 10.2. The Hall–Kier alpha value is -0.810. The highest BCUT2D eigenvalue weighted by Crippen LogP contribution is 1.98. The van der Waals surface area contributed by atoms with E-state index in [2.05, 4.69) is 17.9 Å². The Labute approximate surface area is 84.7 Å². The van der Waals surface area contributed by atoms with E-state index in [9.17, 15) is 4.79 Å². The molecule has 82 valence electrons. The topological polar surface area (TPSA) is 53.6 Å². The maximum atomic E-state index is 10.9. The van der Waals surface area contributed by atoms with Crippen LogP contribution in [0.2, 0.25) is 0 Å². The van der Waals surface area contributed by atoms with Gasteiger partial charge in [-0.2, -0.15) is 5.53 Å². The molecule has 0 saturated carbocycles. The first-order valence-electron chi connectivity index (χ1n) is 5.27. The molecule has 0 aromatic carbocycles. The van der Waals surface area contributed by atoms with Gasteiger partial charge in [-0.25, -0.2) is 15.2 Å². The number of unbranched alkanes of at least 4 members (excludes halogenated alkanes) is 3. The Morgan fingerprint density at radius 1 is 1.43 bits per heavy atom. The van der Waals surface area contributed by atoms with Crippen LogP contribution in [0.5, 0.6) is 0 Å². The predicted octanol–water partition coefficient (Wildman–Crippen LogP) is 1.03. The van der Waals surface area contributed by atoms with Crippen molar-refractivity contribution in [1.82, 2.24) is 16.0 Å². The number of amides is 1. The Balaban J connectivity index is 1.90. The zero-order valence-corrected chi connectivity index (χ0v) is 8.71. The molecule has 1 saturated heterocycles. The fourth-order valence-corrected chi connectivity index (χ4v) is 1.29. The summed E-state index contributed by atoms with van der Waals surface area (Å²) in [6.45, 7) is 4.15. The Bertz CT molecular complexity index is 175. The van der Waals surface area contributed by atoms with Crippen LogP contribution in [0.15, 0.2) is 0 Å². The van der Waals surface area contributed by atoms with Crippen LogP contribution in [0.25, 0.3) is 0 Å². The zero-order valence-electron chi connectivity index (χ0n) is 8.71. The molecule has 0 radical (unpaired) electrons. The molecular formula is C9H19N3O2. The summed E-state index contributed by atoms with van der Waals surface area (Å²) >= 11 is 0. The van der Waals surface area contributed by atoms with Gasteiger partial charge in [-0.1, -0.05) is 26.2 Å². The summed E-state index contributed by atoms with van der Waals surface area (Å²) in [5.74, 6) is 0. The van der Waals surface area contributed by atoms with E-state index in [4.69, 9.17) is 4.74 Å². The van der Waals surface area contributed by atoms with Gasteiger partial charge in [-0.05, 0) is 6.42 Å². The van der Waals surface area contributed by atoms with Crippen molar-refractivity contribution in [1.29, 1.82) is 0 Å². The van der Waals surface area contributed by atoms with Crippen molar-refractivity contribution in [3.05, 3.63) is 0 Å². The highest BCUT2D eigenvalue weighted by Gasteiger charge is 2.20. The average molecular weight is 201 g/mol. The third-order valence-corrected chi connectivity index (χ3v) is 2.13. The first-order valence-corrected chi connectivity index (χ1v) is 5.27. The molecule has 1 heterocycles. The number of nitrogens with zero attached hydrogens (tertiary/aromatic N) is 1. The molecule has 0 unspecified atom stereocenters.